The van der Waals surface area contributed by atoms with E-state index in [-0.39, 0.29) is 0 Å². The Morgan fingerprint density at radius 3 is 2.52 bits per heavy atom. The minimum Gasteiger partial charge on any atom is -0.481 e. The van der Waals surface area contributed by atoms with Gasteiger partial charge in [-0.1, -0.05) is 43.3 Å². The predicted molar refractivity (Wildman–Crippen MR) is 111 cm³/mol. The molecule has 6 nitrogen and oxygen atoms in total. The fraction of sp³-hybridized carbons (Fsp3) is 0.261. The number of hydrogen-bond acceptors (Lipinski definition) is 5. The molecule has 0 spiro atoms. The second kappa shape index (κ2) is 9.80. The van der Waals surface area contributed by atoms with Gasteiger partial charge in [-0.05, 0) is 41.8 Å². The van der Waals surface area contributed by atoms with Gasteiger partial charge in [0, 0.05) is 24.9 Å². The first-order valence-electron chi connectivity index (χ1n) is 9.67. The van der Waals surface area contributed by atoms with Crippen molar-refractivity contribution in [3.05, 3.63) is 89.4 Å². The standard InChI is InChI=1S/C23H25N3O3/c1-2-17(23(28)29)14-19-6-5-7-20(26-19)22(27)18-11-9-16(10-12-18)15-25-21-8-3-4-13-24-21/h3-13,17,22,27H,2,14-15H2,1H3,(H,24,25)(H,28,29). The van der Waals surface area contributed by atoms with Crippen LogP contribution in [0.2, 0.25) is 0 Å². The number of aliphatic hydroxyl groups excluding tert-OH is 1. The number of aliphatic hydroxyl groups is 1. The molecular weight excluding hydrogens is 366 g/mol. The highest BCUT2D eigenvalue weighted by Crippen LogP contribution is 2.22. The van der Waals surface area contributed by atoms with Crippen LogP contribution in [0.3, 0.4) is 0 Å². The van der Waals surface area contributed by atoms with E-state index >= 15 is 0 Å². The average molecular weight is 391 g/mol. The summed E-state index contributed by atoms with van der Waals surface area (Å²) in [7, 11) is 0. The van der Waals surface area contributed by atoms with Crippen LogP contribution < -0.4 is 5.32 Å². The molecule has 0 fully saturated rings. The van der Waals surface area contributed by atoms with Gasteiger partial charge < -0.3 is 15.5 Å². The summed E-state index contributed by atoms with van der Waals surface area (Å²) in [5, 5.41) is 23.2. The van der Waals surface area contributed by atoms with Crippen LogP contribution in [-0.4, -0.2) is 26.2 Å². The summed E-state index contributed by atoms with van der Waals surface area (Å²) in [6, 6.07) is 18.7. The second-order valence-corrected chi connectivity index (χ2v) is 6.91. The number of carboxylic acids is 1. The van der Waals surface area contributed by atoms with Crippen LogP contribution in [0.1, 0.15) is 42.0 Å². The smallest absolute Gasteiger partial charge is 0.306 e. The van der Waals surface area contributed by atoms with E-state index in [0.717, 1.165) is 16.9 Å². The highest BCUT2D eigenvalue weighted by atomic mass is 16.4. The molecule has 0 aliphatic rings. The number of pyridine rings is 2. The Bertz CT molecular complexity index is 930. The van der Waals surface area contributed by atoms with E-state index in [2.05, 4.69) is 15.3 Å². The Labute approximate surface area is 170 Å². The first-order valence-corrected chi connectivity index (χ1v) is 9.67. The third-order valence-corrected chi connectivity index (χ3v) is 4.84. The topological polar surface area (TPSA) is 95.3 Å². The molecule has 0 amide bonds. The van der Waals surface area contributed by atoms with Gasteiger partial charge in [0.05, 0.1) is 11.6 Å². The lowest BCUT2D eigenvalue weighted by Gasteiger charge is -2.14. The Kier molecular flexibility index (Phi) is 6.92. The number of aromatic nitrogens is 2. The van der Waals surface area contributed by atoms with Gasteiger partial charge in [0.2, 0.25) is 0 Å². The summed E-state index contributed by atoms with van der Waals surface area (Å²) >= 11 is 0. The first-order chi connectivity index (χ1) is 14.1. The number of aliphatic carboxylic acids is 1. The largest absolute Gasteiger partial charge is 0.481 e. The molecule has 0 saturated heterocycles. The van der Waals surface area contributed by atoms with E-state index in [1.807, 2.05) is 49.4 Å². The van der Waals surface area contributed by atoms with Crippen molar-refractivity contribution in [2.45, 2.75) is 32.4 Å². The second-order valence-electron chi connectivity index (χ2n) is 6.91. The molecule has 1 aromatic carbocycles. The maximum Gasteiger partial charge on any atom is 0.306 e. The lowest BCUT2D eigenvalue weighted by molar-refractivity contribution is -0.141. The third-order valence-electron chi connectivity index (χ3n) is 4.84. The van der Waals surface area contributed by atoms with Gasteiger partial charge in [-0.3, -0.25) is 9.78 Å². The normalized spacial score (nSPS) is 12.9. The number of hydrogen-bond donors (Lipinski definition) is 3. The molecule has 0 saturated carbocycles. The molecule has 3 N–H and O–H groups in total. The summed E-state index contributed by atoms with van der Waals surface area (Å²) in [6.45, 7) is 2.48. The molecule has 2 unspecified atom stereocenters. The fourth-order valence-corrected chi connectivity index (χ4v) is 3.07. The molecule has 0 aliphatic heterocycles. The van der Waals surface area contributed by atoms with Crippen LogP contribution >= 0.6 is 0 Å². The lowest BCUT2D eigenvalue weighted by atomic mass is 9.99. The van der Waals surface area contributed by atoms with Gasteiger partial charge >= 0.3 is 5.97 Å². The van der Waals surface area contributed by atoms with Crippen molar-refractivity contribution in [2.24, 2.45) is 5.92 Å². The summed E-state index contributed by atoms with van der Waals surface area (Å²) in [6.07, 6.45) is 1.77. The van der Waals surface area contributed by atoms with E-state index in [4.69, 9.17) is 0 Å². The lowest BCUT2D eigenvalue weighted by Crippen LogP contribution is -2.16. The highest BCUT2D eigenvalue weighted by molar-refractivity contribution is 5.70. The van der Waals surface area contributed by atoms with Crippen molar-refractivity contribution in [2.75, 3.05) is 5.32 Å². The Morgan fingerprint density at radius 2 is 1.86 bits per heavy atom. The summed E-state index contributed by atoms with van der Waals surface area (Å²) in [5.41, 5.74) is 3.00. The zero-order valence-electron chi connectivity index (χ0n) is 16.3. The number of carboxylic acid groups (broad SMARTS) is 1. The van der Waals surface area contributed by atoms with Crippen molar-refractivity contribution in [1.29, 1.82) is 0 Å². The number of nitrogens with zero attached hydrogens (tertiary/aromatic N) is 2. The van der Waals surface area contributed by atoms with E-state index in [1.54, 1.807) is 24.4 Å². The van der Waals surface area contributed by atoms with Crippen LogP contribution in [0, 0.1) is 5.92 Å². The molecule has 6 heteroatoms. The molecule has 2 heterocycles. The molecule has 29 heavy (non-hydrogen) atoms. The number of carbonyl (C=O) groups is 1. The quantitative estimate of drug-likeness (QED) is 0.513. The number of nitrogens with one attached hydrogen (secondary N) is 1. The maximum atomic E-state index is 11.3. The predicted octanol–water partition coefficient (Wildman–Crippen LogP) is 3.82. The minimum atomic E-state index is -0.863. The molecular formula is C23H25N3O3. The van der Waals surface area contributed by atoms with E-state index in [0.29, 0.717) is 30.8 Å². The molecule has 2 atom stereocenters. The maximum absolute atomic E-state index is 11.3. The van der Waals surface area contributed by atoms with Crippen molar-refractivity contribution < 1.29 is 15.0 Å². The monoisotopic (exact) mass is 391 g/mol. The average Bonchev–Trinajstić information content (AvgIpc) is 2.76. The van der Waals surface area contributed by atoms with E-state index < -0.39 is 18.0 Å². The van der Waals surface area contributed by atoms with Gasteiger partial charge in [0.1, 0.15) is 11.9 Å². The van der Waals surface area contributed by atoms with Gasteiger partial charge in [0.15, 0.2) is 0 Å². The summed E-state index contributed by atoms with van der Waals surface area (Å²) < 4.78 is 0. The van der Waals surface area contributed by atoms with Crippen molar-refractivity contribution in [1.82, 2.24) is 9.97 Å². The van der Waals surface area contributed by atoms with E-state index in [1.165, 1.54) is 0 Å². The van der Waals surface area contributed by atoms with Gasteiger partial charge in [-0.15, -0.1) is 0 Å². The summed E-state index contributed by atoms with van der Waals surface area (Å²) in [5.74, 6) is -0.486. The van der Waals surface area contributed by atoms with Gasteiger partial charge in [-0.2, -0.15) is 0 Å². The molecule has 0 bridgehead atoms. The van der Waals surface area contributed by atoms with Gasteiger partial charge in [-0.25, -0.2) is 4.98 Å². The van der Waals surface area contributed by atoms with Crippen LogP contribution in [0.4, 0.5) is 5.82 Å². The third kappa shape index (κ3) is 5.62. The van der Waals surface area contributed by atoms with Crippen molar-refractivity contribution in [3.8, 4) is 0 Å². The van der Waals surface area contributed by atoms with Crippen molar-refractivity contribution >= 4 is 11.8 Å². The number of rotatable bonds is 9. The van der Waals surface area contributed by atoms with Crippen LogP contribution in [0.5, 0.6) is 0 Å². The number of anilines is 1. The Hall–Kier alpha value is -3.25. The fourth-order valence-electron chi connectivity index (χ4n) is 3.07. The van der Waals surface area contributed by atoms with Gasteiger partial charge in [0.25, 0.3) is 0 Å². The molecule has 0 radical (unpaired) electrons. The van der Waals surface area contributed by atoms with Crippen LogP contribution in [0.25, 0.3) is 0 Å². The molecule has 150 valence electrons. The van der Waals surface area contributed by atoms with Crippen LogP contribution in [0.15, 0.2) is 66.9 Å². The Balaban J connectivity index is 1.66. The molecule has 3 aromatic rings. The zero-order chi connectivity index (χ0) is 20.6. The van der Waals surface area contributed by atoms with E-state index in [9.17, 15) is 15.0 Å². The molecule has 3 rings (SSSR count). The van der Waals surface area contributed by atoms with Crippen LogP contribution in [-0.2, 0) is 17.8 Å². The summed E-state index contributed by atoms with van der Waals surface area (Å²) in [4.78, 5) is 20.0. The minimum absolute atomic E-state index is 0.352. The van der Waals surface area contributed by atoms with Crippen molar-refractivity contribution in [3.63, 3.8) is 0 Å². The zero-order valence-corrected chi connectivity index (χ0v) is 16.3. The Morgan fingerprint density at radius 1 is 1.07 bits per heavy atom. The molecule has 2 aromatic heterocycles. The SMILES string of the molecule is CCC(Cc1cccc(C(O)c2ccc(CNc3ccccn3)cc2)n1)C(=O)O. The molecule has 0 aliphatic carbocycles. The highest BCUT2D eigenvalue weighted by Gasteiger charge is 2.18. The number of benzene rings is 1. The first kappa shape index (κ1) is 20.5.